The number of thioether (sulfide) groups is 1. The summed E-state index contributed by atoms with van der Waals surface area (Å²) < 4.78 is 0. The molecule has 2 aromatic carbocycles. The summed E-state index contributed by atoms with van der Waals surface area (Å²) in [6, 6.07) is 19.0. The molecule has 1 N–H and O–H groups in total. The van der Waals surface area contributed by atoms with Crippen molar-refractivity contribution in [3.8, 4) is 0 Å². The maximum Gasteiger partial charge on any atom is 0.0668 e. The molecule has 2 heteroatoms. The third kappa shape index (κ3) is 3.25. The quantitative estimate of drug-likeness (QED) is 0.828. The van der Waals surface area contributed by atoms with Gasteiger partial charge in [0.2, 0.25) is 0 Å². The normalized spacial score (nSPS) is 22.5. The molecule has 1 aliphatic rings. The molecule has 3 rings (SSSR count). The van der Waals surface area contributed by atoms with Gasteiger partial charge in [-0.1, -0.05) is 48.0 Å². The summed E-state index contributed by atoms with van der Waals surface area (Å²) in [6.45, 7) is 2.10. The van der Waals surface area contributed by atoms with Crippen molar-refractivity contribution in [3.63, 3.8) is 0 Å². The lowest BCUT2D eigenvalue weighted by Crippen LogP contribution is -2.13. The molecule has 0 aliphatic heterocycles. The maximum atomic E-state index is 10.3. The van der Waals surface area contributed by atoms with Crippen molar-refractivity contribution in [3.05, 3.63) is 65.7 Å². The zero-order valence-electron chi connectivity index (χ0n) is 11.7. The number of hydrogen-bond acceptors (Lipinski definition) is 2. The third-order valence-corrected chi connectivity index (χ3v) is 5.07. The highest BCUT2D eigenvalue weighted by molar-refractivity contribution is 7.99. The zero-order chi connectivity index (χ0) is 13.9. The van der Waals surface area contributed by atoms with Gasteiger partial charge in [0.05, 0.1) is 6.10 Å². The SMILES string of the molecule is Cc1cccc(SCC(O)C2CC2c2ccccc2)c1. The highest BCUT2D eigenvalue weighted by atomic mass is 32.2. The highest BCUT2D eigenvalue weighted by Crippen LogP contribution is 2.50. The van der Waals surface area contributed by atoms with Gasteiger partial charge in [-0.2, -0.15) is 0 Å². The minimum atomic E-state index is -0.203. The van der Waals surface area contributed by atoms with Gasteiger partial charge in [-0.15, -0.1) is 11.8 Å². The van der Waals surface area contributed by atoms with Gasteiger partial charge in [0.15, 0.2) is 0 Å². The van der Waals surface area contributed by atoms with E-state index in [0.29, 0.717) is 11.8 Å². The minimum Gasteiger partial charge on any atom is -0.392 e. The topological polar surface area (TPSA) is 20.2 Å². The number of aliphatic hydroxyl groups excluding tert-OH is 1. The van der Waals surface area contributed by atoms with Crippen molar-refractivity contribution in [1.29, 1.82) is 0 Å². The molecule has 0 radical (unpaired) electrons. The van der Waals surface area contributed by atoms with E-state index >= 15 is 0 Å². The van der Waals surface area contributed by atoms with Crippen LogP contribution in [0.4, 0.5) is 0 Å². The second kappa shape index (κ2) is 6.02. The van der Waals surface area contributed by atoms with Gasteiger partial charge in [-0.05, 0) is 42.9 Å². The lowest BCUT2D eigenvalue weighted by atomic mass is 10.1. The van der Waals surface area contributed by atoms with Crippen molar-refractivity contribution >= 4 is 11.8 Å². The summed E-state index contributed by atoms with van der Waals surface area (Å²) in [5.41, 5.74) is 2.65. The summed E-state index contributed by atoms with van der Waals surface area (Å²) in [5.74, 6) is 1.79. The Morgan fingerprint density at radius 3 is 2.70 bits per heavy atom. The Kier molecular flexibility index (Phi) is 4.13. The predicted octanol–water partition coefficient (Wildman–Crippen LogP) is 4.25. The highest BCUT2D eigenvalue weighted by Gasteiger charge is 2.42. The van der Waals surface area contributed by atoms with Crippen molar-refractivity contribution in [2.45, 2.75) is 30.3 Å². The van der Waals surface area contributed by atoms with Crippen LogP contribution >= 0.6 is 11.8 Å². The van der Waals surface area contributed by atoms with Gasteiger partial charge in [-0.25, -0.2) is 0 Å². The van der Waals surface area contributed by atoms with Crippen molar-refractivity contribution in [2.75, 3.05) is 5.75 Å². The molecule has 0 heterocycles. The smallest absolute Gasteiger partial charge is 0.0668 e. The molecule has 0 amide bonds. The van der Waals surface area contributed by atoms with E-state index in [0.717, 1.165) is 12.2 Å². The summed E-state index contributed by atoms with van der Waals surface area (Å²) in [4.78, 5) is 1.25. The Morgan fingerprint density at radius 1 is 1.15 bits per heavy atom. The molecule has 104 valence electrons. The molecule has 0 aromatic heterocycles. The number of benzene rings is 2. The van der Waals surface area contributed by atoms with Crippen LogP contribution in [0.15, 0.2) is 59.5 Å². The van der Waals surface area contributed by atoms with E-state index in [1.807, 2.05) is 6.07 Å². The fourth-order valence-electron chi connectivity index (χ4n) is 2.73. The number of aryl methyl sites for hydroxylation is 1. The molecular weight excluding hydrogens is 264 g/mol. The minimum absolute atomic E-state index is 0.203. The van der Waals surface area contributed by atoms with Crippen LogP contribution in [-0.4, -0.2) is 17.0 Å². The van der Waals surface area contributed by atoms with Crippen molar-refractivity contribution in [2.24, 2.45) is 5.92 Å². The monoisotopic (exact) mass is 284 g/mol. The zero-order valence-corrected chi connectivity index (χ0v) is 12.5. The Hall–Kier alpha value is -1.25. The number of aliphatic hydroxyl groups is 1. The van der Waals surface area contributed by atoms with Gasteiger partial charge in [-0.3, -0.25) is 0 Å². The van der Waals surface area contributed by atoms with E-state index in [1.54, 1.807) is 11.8 Å². The average Bonchev–Trinajstić information content (AvgIpc) is 3.26. The molecule has 1 nitrogen and oxygen atoms in total. The summed E-state index contributed by atoms with van der Waals surface area (Å²) in [7, 11) is 0. The van der Waals surface area contributed by atoms with Gasteiger partial charge in [0.1, 0.15) is 0 Å². The van der Waals surface area contributed by atoms with E-state index in [2.05, 4.69) is 55.5 Å². The lowest BCUT2D eigenvalue weighted by Gasteiger charge is -2.10. The molecule has 0 bridgehead atoms. The van der Waals surface area contributed by atoms with Crippen LogP contribution in [0.25, 0.3) is 0 Å². The van der Waals surface area contributed by atoms with E-state index in [4.69, 9.17) is 0 Å². The second-order valence-corrected chi connectivity index (χ2v) is 6.71. The Morgan fingerprint density at radius 2 is 1.95 bits per heavy atom. The molecule has 0 spiro atoms. The first-order valence-corrected chi connectivity index (χ1v) is 8.15. The summed E-state index contributed by atoms with van der Waals surface area (Å²) in [6.07, 6.45) is 0.922. The molecule has 20 heavy (non-hydrogen) atoms. The molecule has 0 saturated heterocycles. The molecule has 1 saturated carbocycles. The molecular formula is C18H20OS. The largest absolute Gasteiger partial charge is 0.392 e. The second-order valence-electron chi connectivity index (χ2n) is 5.61. The molecule has 3 atom stereocenters. The number of rotatable bonds is 5. The fraction of sp³-hybridized carbons (Fsp3) is 0.333. The Balaban J connectivity index is 1.53. The van der Waals surface area contributed by atoms with Crippen LogP contribution in [-0.2, 0) is 0 Å². The molecule has 1 aliphatic carbocycles. The first-order chi connectivity index (χ1) is 9.74. The van der Waals surface area contributed by atoms with Gasteiger partial charge in [0.25, 0.3) is 0 Å². The fourth-order valence-corrected chi connectivity index (χ4v) is 3.79. The number of hydrogen-bond donors (Lipinski definition) is 1. The first-order valence-electron chi connectivity index (χ1n) is 7.16. The van der Waals surface area contributed by atoms with E-state index in [-0.39, 0.29) is 6.10 Å². The van der Waals surface area contributed by atoms with Crippen LogP contribution in [0, 0.1) is 12.8 Å². The van der Waals surface area contributed by atoms with E-state index in [9.17, 15) is 5.11 Å². The van der Waals surface area contributed by atoms with Gasteiger partial charge >= 0.3 is 0 Å². The van der Waals surface area contributed by atoms with Crippen molar-refractivity contribution in [1.82, 2.24) is 0 Å². The van der Waals surface area contributed by atoms with E-state index in [1.165, 1.54) is 16.0 Å². The van der Waals surface area contributed by atoms with Crippen molar-refractivity contribution < 1.29 is 5.11 Å². The van der Waals surface area contributed by atoms with Gasteiger partial charge < -0.3 is 5.11 Å². The van der Waals surface area contributed by atoms with Gasteiger partial charge in [0, 0.05) is 10.6 Å². The Labute approximate surface area is 125 Å². The molecule has 3 unspecified atom stereocenters. The predicted molar refractivity (Wildman–Crippen MR) is 85.2 cm³/mol. The molecule has 1 fully saturated rings. The van der Waals surface area contributed by atoms with Crippen LogP contribution < -0.4 is 0 Å². The lowest BCUT2D eigenvalue weighted by molar-refractivity contribution is 0.173. The average molecular weight is 284 g/mol. The summed E-state index contributed by atoms with van der Waals surface area (Å²) >= 11 is 1.76. The molecule has 2 aromatic rings. The first kappa shape index (κ1) is 13.7. The van der Waals surface area contributed by atoms with Crippen LogP contribution in [0.5, 0.6) is 0 Å². The Bertz CT molecular complexity index is 567. The standard InChI is InChI=1S/C18H20OS/c1-13-6-5-9-15(10-13)20-12-18(19)17-11-16(17)14-7-3-2-4-8-14/h2-10,16-19H,11-12H2,1H3. The van der Waals surface area contributed by atoms with E-state index < -0.39 is 0 Å². The van der Waals surface area contributed by atoms with Crippen LogP contribution in [0.3, 0.4) is 0 Å². The summed E-state index contributed by atoms with van der Waals surface area (Å²) in [5, 5.41) is 10.3. The third-order valence-electron chi connectivity index (χ3n) is 3.97. The maximum absolute atomic E-state index is 10.3. The van der Waals surface area contributed by atoms with Crippen LogP contribution in [0.1, 0.15) is 23.5 Å². The van der Waals surface area contributed by atoms with Crippen LogP contribution in [0.2, 0.25) is 0 Å².